The summed E-state index contributed by atoms with van der Waals surface area (Å²) in [6.07, 6.45) is 4.32. The summed E-state index contributed by atoms with van der Waals surface area (Å²) in [6, 6.07) is 8.29. The van der Waals surface area contributed by atoms with Crippen LogP contribution in [0.2, 0.25) is 0 Å². The van der Waals surface area contributed by atoms with Gasteiger partial charge in [0.15, 0.2) is 0 Å². The van der Waals surface area contributed by atoms with Gasteiger partial charge in [0.1, 0.15) is 0 Å². The van der Waals surface area contributed by atoms with Crippen LogP contribution in [0.5, 0.6) is 0 Å². The number of carbonyl (C=O) groups is 1. The number of benzene rings is 1. The highest BCUT2D eigenvalue weighted by atomic mass is 16.2. The topological polar surface area (TPSA) is 58.4 Å². The first-order chi connectivity index (χ1) is 9.20. The van der Waals surface area contributed by atoms with Gasteiger partial charge in [0.25, 0.3) is 0 Å². The molecule has 2 amide bonds. The third-order valence-corrected chi connectivity index (χ3v) is 3.68. The Labute approximate surface area is 115 Å². The molecule has 0 saturated heterocycles. The van der Waals surface area contributed by atoms with E-state index in [-0.39, 0.29) is 6.03 Å². The fraction of sp³-hybridized carbons (Fsp3) is 0.533. The van der Waals surface area contributed by atoms with Gasteiger partial charge in [-0.15, -0.1) is 0 Å². The van der Waals surface area contributed by atoms with Crippen molar-refractivity contribution < 1.29 is 4.79 Å². The Morgan fingerprint density at radius 3 is 2.58 bits per heavy atom. The second kappa shape index (κ2) is 6.57. The van der Waals surface area contributed by atoms with E-state index in [1.54, 1.807) is 0 Å². The zero-order valence-electron chi connectivity index (χ0n) is 11.6. The normalized spacial score (nSPS) is 14.8. The van der Waals surface area contributed by atoms with Crippen LogP contribution in [0.1, 0.15) is 31.2 Å². The van der Waals surface area contributed by atoms with E-state index in [4.69, 9.17) is 5.73 Å². The fourth-order valence-electron chi connectivity index (χ4n) is 2.24. The minimum absolute atomic E-state index is 0.00185. The maximum absolute atomic E-state index is 12.3. The van der Waals surface area contributed by atoms with Crippen LogP contribution in [0.15, 0.2) is 24.3 Å². The molecule has 1 aliphatic carbocycles. The maximum atomic E-state index is 12.3. The number of nitrogens with zero attached hydrogens (tertiary/aromatic N) is 1. The third kappa shape index (κ3) is 3.70. The van der Waals surface area contributed by atoms with Gasteiger partial charge in [0.05, 0.1) is 0 Å². The highest BCUT2D eigenvalue weighted by Gasteiger charge is 2.28. The molecule has 0 spiro atoms. The van der Waals surface area contributed by atoms with Crippen molar-refractivity contribution in [2.75, 3.05) is 18.4 Å². The fourth-order valence-corrected chi connectivity index (χ4v) is 2.24. The molecule has 4 nitrogen and oxygen atoms in total. The summed E-state index contributed by atoms with van der Waals surface area (Å²) in [5.41, 5.74) is 7.59. The Morgan fingerprint density at radius 1 is 1.37 bits per heavy atom. The summed E-state index contributed by atoms with van der Waals surface area (Å²) in [5, 5.41) is 2.97. The monoisotopic (exact) mass is 261 g/mol. The van der Waals surface area contributed by atoms with Gasteiger partial charge in [-0.05, 0) is 51.3 Å². The van der Waals surface area contributed by atoms with Crippen molar-refractivity contribution >= 4 is 11.7 Å². The first-order valence-electron chi connectivity index (χ1n) is 7.05. The summed E-state index contributed by atoms with van der Waals surface area (Å²) in [7, 11) is 0. The Hall–Kier alpha value is -1.55. The summed E-state index contributed by atoms with van der Waals surface area (Å²) < 4.78 is 0. The molecule has 0 aliphatic heterocycles. The van der Waals surface area contributed by atoms with Gasteiger partial charge in [0.2, 0.25) is 0 Å². The third-order valence-electron chi connectivity index (χ3n) is 3.68. The quantitative estimate of drug-likeness (QED) is 0.856. The molecule has 0 unspecified atom stereocenters. The largest absolute Gasteiger partial charge is 0.330 e. The van der Waals surface area contributed by atoms with E-state index >= 15 is 0 Å². The number of nitrogens with one attached hydrogen (secondary N) is 1. The van der Waals surface area contributed by atoms with E-state index in [2.05, 4.69) is 5.32 Å². The first kappa shape index (κ1) is 13.9. The molecule has 1 aromatic rings. The van der Waals surface area contributed by atoms with Crippen molar-refractivity contribution in [1.29, 1.82) is 0 Å². The lowest BCUT2D eigenvalue weighted by atomic mass is 9.91. The van der Waals surface area contributed by atoms with Gasteiger partial charge in [-0.25, -0.2) is 4.79 Å². The highest BCUT2D eigenvalue weighted by Crippen LogP contribution is 2.25. The highest BCUT2D eigenvalue weighted by molar-refractivity contribution is 5.89. The maximum Gasteiger partial charge on any atom is 0.322 e. The zero-order valence-corrected chi connectivity index (χ0v) is 11.6. The Bertz CT molecular complexity index is 412. The molecule has 1 saturated carbocycles. The molecule has 0 radical (unpaired) electrons. The molecule has 2 rings (SSSR count). The van der Waals surface area contributed by atoms with Crippen LogP contribution in [0.3, 0.4) is 0 Å². The number of nitrogens with two attached hydrogens (primary N) is 1. The number of carbonyl (C=O) groups excluding carboxylic acids is 1. The molecule has 4 heteroatoms. The van der Waals surface area contributed by atoms with Gasteiger partial charge in [0, 0.05) is 18.3 Å². The molecule has 1 aromatic carbocycles. The molecule has 0 heterocycles. The lowest BCUT2D eigenvalue weighted by Gasteiger charge is -2.37. The Morgan fingerprint density at radius 2 is 2.05 bits per heavy atom. The van der Waals surface area contributed by atoms with Gasteiger partial charge < -0.3 is 16.0 Å². The minimum atomic E-state index is 0.00185. The van der Waals surface area contributed by atoms with Crippen LogP contribution in [-0.2, 0) is 0 Å². The summed E-state index contributed by atoms with van der Waals surface area (Å²) in [4.78, 5) is 14.3. The smallest absolute Gasteiger partial charge is 0.322 e. The summed E-state index contributed by atoms with van der Waals surface area (Å²) >= 11 is 0. The summed E-state index contributed by atoms with van der Waals surface area (Å²) in [6.45, 7) is 3.41. The summed E-state index contributed by atoms with van der Waals surface area (Å²) in [5.74, 6) is 0. The lowest BCUT2D eigenvalue weighted by Crippen LogP contribution is -2.47. The van der Waals surface area contributed by atoms with E-state index in [1.165, 1.54) is 12.0 Å². The van der Waals surface area contributed by atoms with Gasteiger partial charge in [-0.1, -0.05) is 17.7 Å². The van der Waals surface area contributed by atoms with E-state index in [9.17, 15) is 4.79 Å². The van der Waals surface area contributed by atoms with Crippen molar-refractivity contribution in [3.63, 3.8) is 0 Å². The Balaban J connectivity index is 1.96. The van der Waals surface area contributed by atoms with Crippen LogP contribution >= 0.6 is 0 Å². The van der Waals surface area contributed by atoms with Crippen LogP contribution in [0.25, 0.3) is 0 Å². The van der Waals surface area contributed by atoms with Crippen molar-refractivity contribution in [2.45, 2.75) is 38.6 Å². The number of anilines is 1. The van der Waals surface area contributed by atoms with Crippen molar-refractivity contribution in [2.24, 2.45) is 5.73 Å². The second-order valence-electron chi connectivity index (χ2n) is 5.22. The number of amides is 2. The predicted octanol–water partition coefficient (Wildman–Crippen LogP) is 2.73. The number of hydrogen-bond acceptors (Lipinski definition) is 2. The molecule has 3 N–H and O–H groups in total. The van der Waals surface area contributed by atoms with Gasteiger partial charge in [-0.3, -0.25) is 0 Å². The first-order valence-corrected chi connectivity index (χ1v) is 7.05. The predicted molar refractivity (Wildman–Crippen MR) is 78.2 cm³/mol. The second-order valence-corrected chi connectivity index (χ2v) is 5.22. The SMILES string of the molecule is Cc1ccc(NC(=O)N(CCCN)C2CCC2)cc1. The minimum Gasteiger partial charge on any atom is -0.330 e. The van der Waals surface area contributed by atoms with Crippen LogP contribution in [0.4, 0.5) is 10.5 Å². The number of urea groups is 1. The molecule has 0 atom stereocenters. The van der Waals surface area contributed by atoms with E-state index < -0.39 is 0 Å². The van der Waals surface area contributed by atoms with Crippen molar-refractivity contribution in [1.82, 2.24) is 4.90 Å². The van der Waals surface area contributed by atoms with E-state index in [1.807, 2.05) is 36.1 Å². The Kier molecular flexibility index (Phi) is 4.80. The molecular weight excluding hydrogens is 238 g/mol. The number of rotatable bonds is 5. The molecule has 0 bridgehead atoms. The molecule has 1 fully saturated rings. The van der Waals surface area contributed by atoms with Crippen molar-refractivity contribution in [3.05, 3.63) is 29.8 Å². The van der Waals surface area contributed by atoms with Gasteiger partial charge in [-0.2, -0.15) is 0 Å². The average Bonchev–Trinajstić information content (AvgIpc) is 2.34. The average molecular weight is 261 g/mol. The van der Waals surface area contributed by atoms with E-state index in [0.29, 0.717) is 12.6 Å². The molecule has 19 heavy (non-hydrogen) atoms. The number of aryl methyl sites for hydroxylation is 1. The van der Waals surface area contributed by atoms with E-state index in [0.717, 1.165) is 31.5 Å². The van der Waals surface area contributed by atoms with Crippen LogP contribution < -0.4 is 11.1 Å². The molecule has 1 aliphatic rings. The standard InChI is InChI=1S/C15H23N3O/c1-12-6-8-13(9-7-12)17-15(19)18(11-3-10-16)14-4-2-5-14/h6-9,14H,2-5,10-11,16H2,1H3,(H,17,19). The number of hydrogen-bond donors (Lipinski definition) is 2. The van der Waals surface area contributed by atoms with Crippen LogP contribution in [-0.4, -0.2) is 30.1 Å². The van der Waals surface area contributed by atoms with Crippen molar-refractivity contribution in [3.8, 4) is 0 Å². The van der Waals surface area contributed by atoms with Gasteiger partial charge >= 0.3 is 6.03 Å². The molecule has 104 valence electrons. The molecular formula is C15H23N3O. The lowest BCUT2D eigenvalue weighted by molar-refractivity contribution is 0.148. The zero-order chi connectivity index (χ0) is 13.7. The van der Waals surface area contributed by atoms with Crippen LogP contribution in [0, 0.1) is 6.92 Å². The molecule has 0 aromatic heterocycles.